The minimum Gasteiger partial charge on any atom is -0.347 e. The fourth-order valence-electron chi connectivity index (χ4n) is 2.29. The average Bonchev–Trinajstić information content (AvgIpc) is 2.97. The van der Waals surface area contributed by atoms with Gasteiger partial charge in [0.2, 0.25) is 11.8 Å². The minimum atomic E-state index is -0.0717. The highest BCUT2D eigenvalue weighted by molar-refractivity contribution is 9.10. The molecule has 0 aromatic heterocycles. The monoisotopic (exact) mass is 338 g/mol. The summed E-state index contributed by atoms with van der Waals surface area (Å²) in [5, 5.41) is 2.70. The van der Waals surface area contributed by atoms with Crippen LogP contribution in [0.3, 0.4) is 0 Å². The highest BCUT2D eigenvalue weighted by Gasteiger charge is 2.17. The Labute approximate surface area is 127 Å². The zero-order chi connectivity index (χ0) is 14.4. The third kappa shape index (κ3) is 4.63. The van der Waals surface area contributed by atoms with E-state index in [1.165, 1.54) is 0 Å². The van der Waals surface area contributed by atoms with Crippen molar-refractivity contribution < 1.29 is 9.59 Å². The van der Waals surface area contributed by atoms with Crippen LogP contribution in [0.4, 0.5) is 0 Å². The van der Waals surface area contributed by atoms with Crippen molar-refractivity contribution in [3.8, 4) is 0 Å². The lowest BCUT2D eigenvalue weighted by atomic mass is 10.1. The molecule has 0 saturated carbocycles. The van der Waals surface area contributed by atoms with Gasteiger partial charge in [0.15, 0.2) is 0 Å². The molecule has 20 heavy (non-hydrogen) atoms. The van der Waals surface area contributed by atoms with Crippen LogP contribution in [-0.2, 0) is 16.0 Å². The number of hydrogen-bond acceptors (Lipinski definition) is 2. The lowest BCUT2D eigenvalue weighted by Crippen LogP contribution is -2.38. The van der Waals surface area contributed by atoms with Crippen LogP contribution in [0.2, 0.25) is 0 Å². The topological polar surface area (TPSA) is 49.4 Å². The first-order chi connectivity index (χ1) is 9.65. The van der Waals surface area contributed by atoms with E-state index in [0.29, 0.717) is 12.8 Å². The summed E-state index contributed by atoms with van der Waals surface area (Å²) in [6, 6.07) is 7.91. The molecule has 0 bridgehead atoms. The van der Waals surface area contributed by atoms with E-state index in [1.54, 1.807) is 0 Å². The molecule has 2 amide bonds. The molecule has 0 atom stereocenters. The van der Waals surface area contributed by atoms with E-state index in [9.17, 15) is 9.59 Å². The number of nitrogens with zero attached hydrogens (tertiary/aromatic N) is 1. The van der Waals surface area contributed by atoms with E-state index < -0.39 is 0 Å². The molecule has 4 nitrogen and oxygen atoms in total. The number of rotatable bonds is 5. The second-order valence-electron chi connectivity index (χ2n) is 4.99. The van der Waals surface area contributed by atoms with Crippen molar-refractivity contribution >= 4 is 27.7 Å². The van der Waals surface area contributed by atoms with E-state index in [-0.39, 0.29) is 18.4 Å². The average molecular weight is 339 g/mol. The first-order valence-electron chi connectivity index (χ1n) is 6.94. The number of aryl methyl sites for hydroxylation is 1. The van der Waals surface area contributed by atoms with Gasteiger partial charge >= 0.3 is 0 Å². The largest absolute Gasteiger partial charge is 0.347 e. The maximum atomic E-state index is 11.8. The van der Waals surface area contributed by atoms with E-state index in [1.807, 2.05) is 29.2 Å². The SMILES string of the molecule is O=C(CCc1cccc(Br)c1)NCC(=O)N1CCCC1. The maximum absolute atomic E-state index is 11.8. The third-order valence-electron chi connectivity index (χ3n) is 3.43. The predicted octanol–water partition coefficient (Wildman–Crippen LogP) is 2.12. The zero-order valence-electron chi connectivity index (χ0n) is 11.4. The second-order valence-corrected chi connectivity index (χ2v) is 5.91. The van der Waals surface area contributed by atoms with Gasteiger partial charge in [0.25, 0.3) is 0 Å². The van der Waals surface area contributed by atoms with Crippen molar-refractivity contribution in [3.63, 3.8) is 0 Å². The van der Waals surface area contributed by atoms with Crippen molar-refractivity contribution in [1.29, 1.82) is 0 Å². The second kappa shape index (κ2) is 7.43. The van der Waals surface area contributed by atoms with Gasteiger partial charge in [-0.3, -0.25) is 9.59 Å². The molecular formula is C15H19BrN2O2. The molecule has 1 aromatic carbocycles. The number of carbonyl (C=O) groups excluding carboxylic acids is 2. The zero-order valence-corrected chi connectivity index (χ0v) is 13.0. The molecule has 1 N–H and O–H groups in total. The van der Waals surface area contributed by atoms with Crippen molar-refractivity contribution in [2.75, 3.05) is 19.6 Å². The molecule has 1 aromatic rings. The highest BCUT2D eigenvalue weighted by Crippen LogP contribution is 2.13. The Bertz CT molecular complexity index is 485. The van der Waals surface area contributed by atoms with Gasteiger partial charge in [-0.15, -0.1) is 0 Å². The number of amides is 2. The molecule has 0 spiro atoms. The van der Waals surface area contributed by atoms with Crippen molar-refractivity contribution in [1.82, 2.24) is 10.2 Å². The minimum absolute atomic E-state index is 0.0262. The summed E-state index contributed by atoms with van der Waals surface area (Å²) in [4.78, 5) is 25.3. The first-order valence-corrected chi connectivity index (χ1v) is 7.73. The number of nitrogens with one attached hydrogen (secondary N) is 1. The molecule has 1 aliphatic heterocycles. The van der Waals surface area contributed by atoms with Gasteiger partial charge in [-0.25, -0.2) is 0 Å². The van der Waals surface area contributed by atoms with E-state index >= 15 is 0 Å². The molecule has 1 saturated heterocycles. The lowest BCUT2D eigenvalue weighted by Gasteiger charge is -2.15. The van der Waals surface area contributed by atoms with Gasteiger partial charge in [0, 0.05) is 24.0 Å². The summed E-state index contributed by atoms with van der Waals surface area (Å²) in [6.45, 7) is 1.77. The Morgan fingerprint density at radius 1 is 1.25 bits per heavy atom. The van der Waals surface area contributed by atoms with Crippen LogP contribution in [-0.4, -0.2) is 36.3 Å². The molecule has 0 unspecified atom stereocenters. The van der Waals surface area contributed by atoms with Gasteiger partial charge < -0.3 is 10.2 Å². The number of carbonyl (C=O) groups is 2. The van der Waals surface area contributed by atoms with Gasteiger partial charge in [-0.2, -0.15) is 0 Å². The number of halogens is 1. The number of hydrogen-bond donors (Lipinski definition) is 1. The smallest absolute Gasteiger partial charge is 0.241 e. The lowest BCUT2D eigenvalue weighted by molar-refractivity contribution is -0.132. The summed E-state index contributed by atoms with van der Waals surface area (Å²) in [6.07, 6.45) is 3.23. The number of likely N-dealkylation sites (tertiary alicyclic amines) is 1. The summed E-state index contributed by atoms with van der Waals surface area (Å²) in [7, 11) is 0. The molecule has 108 valence electrons. The van der Waals surface area contributed by atoms with Gasteiger partial charge in [-0.1, -0.05) is 28.1 Å². The Kier molecular flexibility index (Phi) is 5.59. The molecular weight excluding hydrogens is 320 g/mol. The fraction of sp³-hybridized carbons (Fsp3) is 0.467. The number of benzene rings is 1. The highest BCUT2D eigenvalue weighted by atomic mass is 79.9. The summed E-state index contributed by atoms with van der Waals surface area (Å²) in [5.41, 5.74) is 1.11. The molecule has 1 fully saturated rings. The van der Waals surface area contributed by atoms with Crippen LogP contribution in [0.5, 0.6) is 0 Å². The van der Waals surface area contributed by atoms with Crippen LogP contribution in [0.15, 0.2) is 28.7 Å². The molecule has 5 heteroatoms. The van der Waals surface area contributed by atoms with Gasteiger partial charge in [0.05, 0.1) is 6.54 Å². The van der Waals surface area contributed by atoms with E-state index in [2.05, 4.69) is 21.2 Å². The standard InChI is InChI=1S/C15H19BrN2O2/c16-13-5-3-4-12(10-13)6-7-14(19)17-11-15(20)18-8-1-2-9-18/h3-5,10H,1-2,6-9,11H2,(H,17,19). The third-order valence-corrected chi connectivity index (χ3v) is 3.92. The molecule has 1 heterocycles. The van der Waals surface area contributed by atoms with Crippen molar-refractivity contribution in [2.24, 2.45) is 0 Å². The fourth-order valence-corrected chi connectivity index (χ4v) is 2.74. The maximum Gasteiger partial charge on any atom is 0.241 e. The Balaban J connectivity index is 1.69. The van der Waals surface area contributed by atoms with E-state index in [0.717, 1.165) is 36.0 Å². The van der Waals surface area contributed by atoms with Crippen molar-refractivity contribution in [3.05, 3.63) is 34.3 Å². The van der Waals surface area contributed by atoms with Gasteiger partial charge in [0.1, 0.15) is 0 Å². The van der Waals surface area contributed by atoms with Crippen LogP contribution >= 0.6 is 15.9 Å². The van der Waals surface area contributed by atoms with Crippen LogP contribution in [0.1, 0.15) is 24.8 Å². The molecule has 0 aliphatic carbocycles. The van der Waals surface area contributed by atoms with Crippen molar-refractivity contribution in [2.45, 2.75) is 25.7 Å². The summed E-state index contributed by atoms with van der Waals surface area (Å²) >= 11 is 3.41. The normalized spacial score (nSPS) is 14.3. The van der Waals surface area contributed by atoms with Gasteiger partial charge in [-0.05, 0) is 37.0 Å². The van der Waals surface area contributed by atoms with Crippen LogP contribution in [0.25, 0.3) is 0 Å². The Morgan fingerprint density at radius 3 is 2.70 bits per heavy atom. The Hall–Kier alpha value is -1.36. The predicted molar refractivity (Wildman–Crippen MR) is 81.3 cm³/mol. The van der Waals surface area contributed by atoms with Crippen LogP contribution in [0, 0.1) is 0 Å². The summed E-state index contributed by atoms with van der Waals surface area (Å²) < 4.78 is 1.01. The first kappa shape index (κ1) is 15.0. The summed E-state index contributed by atoms with van der Waals surface area (Å²) in [5.74, 6) is -0.0455. The molecule has 2 rings (SSSR count). The molecule has 1 aliphatic rings. The Morgan fingerprint density at radius 2 is 2.00 bits per heavy atom. The van der Waals surface area contributed by atoms with Crippen LogP contribution < -0.4 is 5.32 Å². The van der Waals surface area contributed by atoms with E-state index in [4.69, 9.17) is 0 Å². The molecule has 0 radical (unpaired) electrons. The quantitative estimate of drug-likeness (QED) is 0.893.